The number of aliphatic hydroxyl groups excluding tert-OH is 2. The van der Waals surface area contributed by atoms with Gasteiger partial charge in [-0.3, -0.25) is 0 Å². The molecule has 0 aromatic heterocycles. The van der Waals surface area contributed by atoms with Gasteiger partial charge in [-0.2, -0.15) is 4.31 Å². The Morgan fingerprint density at radius 2 is 1.77 bits per heavy atom. The topological polar surface area (TPSA) is 96.3 Å². The van der Waals surface area contributed by atoms with Crippen molar-refractivity contribution in [3.63, 3.8) is 0 Å². The molecule has 0 bridgehead atoms. The first kappa shape index (κ1) is 19.6. The maximum absolute atomic E-state index is 13.5. The molecule has 0 saturated carbocycles. The highest BCUT2D eigenvalue weighted by Gasteiger charge is 2.47. The lowest BCUT2D eigenvalue weighted by molar-refractivity contribution is 0.0278. The lowest BCUT2D eigenvalue weighted by Crippen LogP contribution is -2.42. The minimum atomic E-state index is -3.78. The number of fused-ring (bicyclic) bond motifs is 2. The van der Waals surface area contributed by atoms with Crippen LogP contribution in [0, 0.1) is 6.92 Å². The molecular formula is C22H23NO6S. The highest BCUT2D eigenvalue weighted by atomic mass is 32.2. The summed E-state index contributed by atoms with van der Waals surface area (Å²) in [6, 6.07) is 11.8. The van der Waals surface area contributed by atoms with Crippen molar-refractivity contribution in [3.05, 3.63) is 65.2 Å². The fourth-order valence-corrected chi connectivity index (χ4v) is 6.15. The van der Waals surface area contributed by atoms with Gasteiger partial charge >= 0.3 is 0 Å². The van der Waals surface area contributed by atoms with Crippen molar-refractivity contribution in [2.24, 2.45) is 0 Å². The molecule has 5 rings (SSSR count). The highest BCUT2D eigenvalue weighted by molar-refractivity contribution is 7.89. The largest absolute Gasteiger partial charge is 0.454 e. The van der Waals surface area contributed by atoms with Gasteiger partial charge in [-0.15, -0.1) is 0 Å². The molecule has 7 nitrogen and oxygen atoms in total. The van der Waals surface area contributed by atoms with E-state index in [1.54, 1.807) is 30.3 Å². The summed E-state index contributed by atoms with van der Waals surface area (Å²) in [5.74, 6) is 1.04. The smallest absolute Gasteiger partial charge is 0.243 e. The lowest BCUT2D eigenvalue weighted by atomic mass is 9.83. The first-order valence-corrected chi connectivity index (χ1v) is 11.3. The second kappa shape index (κ2) is 7.09. The van der Waals surface area contributed by atoms with Gasteiger partial charge in [0.2, 0.25) is 16.8 Å². The number of benzene rings is 2. The molecule has 4 atom stereocenters. The van der Waals surface area contributed by atoms with E-state index >= 15 is 0 Å². The van der Waals surface area contributed by atoms with Gasteiger partial charge in [0, 0.05) is 18.5 Å². The monoisotopic (exact) mass is 429 g/mol. The van der Waals surface area contributed by atoms with Gasteiger partial charge in [0.05, 0.1) is 17.1 Å². The van der Waals surface area contributed by atoms with E-state index in [4.69, 9.17) is 9.47 Å². The zero-order valence-electron chi connectivity index (χ0n) is 16.4. The van der Waals surface area contributed by atoms with Crippen LogP contribution in [0.3, 0.4) is 0 Å². The van der Waals surface area contributed by atoms with E-state index in [0.29, 0.717) is 11.5 Å². The van der Waals surface area contributed by atoms with Crippen LogP contribution in [0.1, 0.15) is 23.5 Å². The Bertz CT molecular complexity index is 1110. The SMILES string of the molecule is Cc1ccc(S(=O)(=O)N2C[C@@H](c3ccc4c(c3)OCO4)C3=C[C@H](O)[C@H](O)C[C@H]32)cc1. The zero-order valence-corrected chi connectivity index (χ0v) is 17.2. The Morgan fingerprint density at radius 3 is 2.53 bits per heavy atom. The van der Waals surface area contributed by atoms with Crippen molar-refractivity contribution in [1.82, 2.24) is 4.31 Å². The Hall–Kier alpha value is -2.39. The maximum atomic E-state index is 13.5. The number of hydrogen-bond donors (Lipinski definition) is 2. The van der Waals surface area contributed by atoms with E-state index in [2.05, 4.69) is 0 Å². The van der Waals surface area contributed by atoms with Crippen LogP contribution in [0.5, 0.6) is 11.5 Å². The van der Waals surface area contributed by atoms with E-state index < -0.39 is 28.3 Å². The normalized spacial score (nSPS) is 28.3. The van der Waals surface area contributed by atoms with Gasteiger partial charge in [-0.05, 0) is 48.7 Å². The number of rotatable bonds is 3. The van der Waals surface area contributed by atoms with Crippen LogP contribution in [-0.2, 0) is 10.0 Å². The zero-order chi connectivity index (χ0) is 21.0. The molecule has 30 heavy (non-hydrogen) atoms. The minimum absolute atomic E-state index is 0.152. The summed E-state index contributed by atoms with van der Waals surface area (Å²) in [6.45, 7) is 2.29. The Kier molecular flexibility index (Phi) is 4.62. The summed E-state index contributed by atoms with van der Waals surface area (Å²) in [6.07, 6.45) is -0.266. The van der Waals surface area contributed by atoms with Crippen molar-refractivity contribution < 1.29 is 28.1 Å². The molecule has 0 radical (unpaired) electrons. The summed E-state index contributed by atoms with van der Waals surface area (Å²) in [5.41, 5.74) is 2.67. The molecule has 1 fully saturated rings. The van der Waals surface area contributed by atoms with Crippen LogP contribution >= 0.6 is 0 Å². The molecule has 0 spiro atoms. The molecule has 2 aromatic carbocycles. The molecule has 2 aliphatic heterocycles. The van der Waals surface area contributed by atoms with E-state index in [9.17, 15) is 18.6 Å². The van der Waals surface area contributed by atoms with Crippen molar-refractivity contribution in [2.45, 2.75) is 42.4 Å². The Balaban J connectivity index is 1.57. The average molecular weight is 429 g/mol. The Labute approximate surface area is 175 Å². The third-order valence-corrected chi connectivity index (χ3v) is 8.03. The van der Waals surface area contributed by atoms with E-state index in [1.165, 1.54) is 4.31 Å². The molecular weight excluding hydrogens is 406 g/mol. The van der Waals surface area contributed by atoms with Crippen molar-refractivity contribution in [2.75, 3.05) is 13.3 Å². The number of sulfonamides is 1. The number of ether oxygens (including phenoxy) is 2. The number of hydrogen-bond acceptors (Lipinski definition) is 6. The fraction of sp³-hybridized carbons (Fsp3) is 0.364. The third kappa shape index (κ3) is 3.11. The van der Waals surface area contributed by atoms with Gasteiger partial charge in [0.15, 0.2) is 11.5 Å². The van der Waals surface area contributed by atoms with E-state index in [-0.39, 0.29) is 30.6 Å². The van der Waals surface area contributed by atoms with Crippen molar-refractivity contribution in [3.8, 4) is 11.5 Å². The van der Waals surface area contributed by atoms with Crippen LogP contribution in [0.15, 0.2) is 59.0 Å². The average Bonchev–Trinajstić information content (AvgIpc) is 3.33. The third-order valence-electron chi connectivity index (χ3n) is 6.15. The predicted molar refractivity (Wildman–Crippen MR) is 109 cm³/mol. The molecule has 8 heteroatoms. The molecule has 3 aliphatic rings. The quantitative estimate of drug-likeness (QED) is 0.724. The first-order chi connectivity index (χ1) is 14.3. The number of nitrogens with zero attached hydrogens (tertiary/aromatic N) is 1. The van der Waals surface area contributed by atoms with E-state index in [1.807, 2.05) is 25.1 Å². The van der Waals surface area contributed by atoms with Crippen molar-refractivity contribution >= 4 is 10.0 Å². The molecule has 2 N–H and O–H groups in total. The molecule has 1 aliphatic carbocycles. The van der Waals surface area contributed by atoms with Crippen molar-refractivity contribution in [1.29, 1.82) is 0 Å². The summed E-state index contributed by atoms with van der Waals surface area (Å²) >= 11 is 0. The first-order valence-electron chi connectivity index (χ1n) is 9.90. The fourth-order valence-electron chi connectivity index (χ4n) is 4.51. The standard InChI is InChI=1S/C22H23NO6S/c1-13-2-5-15(6-3-13)30(26,27)23-11-17(16-9-19(24)20(25)10-18(16)23)14-4-7-21-22(8-14)29-12-28-21/h2-9,17-20,24-25H,10-12H2,1H3/t17-,18+,19-,20+/m0/s1. The summed E-state index contributed by atoms with van der Waals surface area (Å²) in [4.78, 5) is 0.222. The molecule has 2 heterocycles. The Morgan fingerprint density at radius 1 is 1.03 bits per heavy atom. The maximum Gasteiger partial charge on any atom is 0.243 e. The minimum Gasteiger partial charge on any atom is -0.454 e. The number of aryl methyl sites for hydroxylation is 1. The van der Waals surface area contributed by atoms with Gasteiger partial charge in [-0.1, -0.05) is 29.8 Å². The van der Waals surface area contributed by atoms with Gasteiger partial charge in [-0.25, -0.2) is 8.42 Å². The van der Waals surface area contributed by atoms with Crippen LogP contribution in [0.2, 0.25) is 0 Å². The second-order valence-electron chi connectivity index (χ2n) is 8.03. The molecule has 1 saturated heterocycles. The van der Waals surface area contributed by atoms with Crippen LogP contribution in [0.25, 0.3) is 0 Å². The van der Waals surface area contributed by atoms with Crippen LogP contribution in [0.4, 0.5) is 0 Å². The van der Waals surface area contributed by atoms with Gasteiger partial charge < -0.3 is 19.7 Å². The van der Waals surface area contributed by atoms with Gasteiger partial charge in [0.25, 0.3) is 0 Å². The van der Waals surface area contributed by atoms with Crippen LogP contribution in [-0.4, -0.2) is 54.5 Å². The summed E-state index contributed by atoms with van der Waals surface area (Å²) in [5, 5.41) is 20.5. The molecule has 0 unspecified atom stereocenters. The number of aliphatic hydroxyl groups is 2. The second-order valence-corrected chi connectivity index (χ2v) is 9.92. The molecule has 158 valence electrons. The molecule has 0 amide bonds. The molecule has 2 aromatic rings. The summed E-state index contributed by atoms with van der Waals surface area (Å²) in [7, 11) is -3.78. The highest BCUT2D eigenvalue weighted by Crippen LogP contribution is 2.46. The van der Waals surface area contributed by atoms with Gasteiger partial charge in [0.1, 0.15) is 0 Å². The van der Waals surface area contributed by atoms with Crippen LogP contribution < -0.4 is 9.47 Å². The summed E-state index contributed by atoms with van der Waals surface area (Å²) < 4.78 is 39.2. The van der Waals surface area contributed by atoms with E-state index in [0.717, 1.165) is 16.7 Å². The predicted octanol–water partition coefficient (Wildman–Crippen LogP) is 1.93. The lowest BCUT2D eigenvalue weighted by Gasteiger charge is -2.31.